The van der Waals surface area contributed by atoms with Crippen molar-refractivity contribution in [2.24, 2.45) is 0 Å². The van der Waals surface area contributed by atoms with Gasteiger partial charge in [0.1, 0.15) is 11.6 Å². The number of hydrogen-bond acceptors (Lipinski definition) is 2. The molecule has 0 N–H and O–H groups in total. The Hall–Kier alpha value is -1.82. The van der Waals surface area contributed by atoms with Crippen molar-refractivity contribution in [3.8, 4) is 6.07 Å². The van der Waals surface area contributed by atoms with E-state index >= 15 is 0 Å². The van der Waals surface area contributed by atoms with E-state index in [0.717, 1.165) is 0 Å². The minimum atomic E-state index is -0.387. The molecule has 0 aliphatic heterocycles. The molecule has 0 aliphatic rings. The van der Waals surface area contributed by atoms with Crippen LogP contribution in [0.4, 0.5) is 4.39 Å². The van der Waals surface area contributed by atoms with Crippen LogP contribution in [0.2, 0.25) is 0 Å². The summed E-state index contributed by atoms with van der Waals surface area (Å²) in [6.07, 6.45) is 1.20. The predicted molar refractivity (Wildman–Crippen MR) is 51.6 cm³/mol. The summed E-state index contributed by atoms with van der Waals surface area (Å²) < 4.78 is 18.4. The smallest absolute Gasteiger partial charge is 0.139 e. The monoisotopic (exact) mass is 191 g/mol. The van der Waals surface area contributed by atoms with E-state index in [1.807, 2.05) is 6.07 Å². The number of nitrogens with zero attached hydrogens (tertiary/aromatic N) is 1. The molecule has 3 heteroatoms. The summed E-state index contributed by atoms with van der Waals surface area (Å²) in [5.41, 5.74) is 0.316. The highest BCUT2D eigenvalue weighted by molar-refractivity contribution is 5.62. The van der Waals surface area contributed by atoms with Crippen molar-refractivity contribution < 1.29 is 9.13 Å². The Kier molecular flexibility index (Phi) is 3.69. The van der Waals surface area contributed by atoms with Crippen LogP contribution in [0, 0.1) is 17.1 Å². The van der Waals surface area contributed by atoms with E-state index in [2.05, 4.69) is 0 Å². The molecule has 0 spiro atoms. The molecule has 0 bridgehead atoms. The molecule has 0 aliphatic carbocycles. The zero-order valence-corrected chi connectivity index (χ0v) is 7.83. The fraction of sp³-hybridized carbons (Fsp3) is 0.182. The lowest BCUT2D eigenvalue weighted by atomic mass is 10.1. The van der Waals surface area contributed by atoms with Crippen LogP contribution >= 0.6 is 0 Å². The van der Waals surface area contributed by atoms with Crippen LogP contribution in [0.3, 0.4) is 0 Å². The first-order chi connectivity index (χ1) is 6.79. The Bertz CT molecular complexity index is 379. The Morgan fingerprint density at radius 2 is 2.29 bits per heavy atom. The summed E-state index contributed by atoms with van der Waals surface area (Å²) in [6, 6.07) is 8.02. The first kappa shape index (κ1) is 10.3. The number of benzene rings is 1. The third-order valence-corrected chi connectivity index (χ3v) is 1.63. The van der Waals surface area contributed by atoms with Crippen LogP contribution < -0.4 is 0 Å². The van der Waals surface area contributed by atoms with Crippen molar-refractivity contribution in [1.29, 1.82) is 5.26 Å². The van der Waals surface area contributed by atoms with Crippen molar-refractivity contribution in [2.75, 3.05) is 6.61 Å². The molecule has 0 radical (unpaired) electrons. The molecule has 2 nitrogen and oxygen atoms in total. The molecule has 72 valence electrons. The van der Waals surface area contributed by atoms with Crippen LogP contribution in [0.15, 0.2) is 30.3 Å². The van der Waals surface area contributed by atoms with E-state index in [1.165, 1.54) is 12.1 Å². The quantitative estimate of drug-likeness (QED) is 0.543. The average Bonchev–Trinajstić information content (AvgIpc) is 2.18. The second-order valence-electron chi connectivity index (χ2n) is 2.55. The van der Waals surface area contributed by atoms with E-state index < -0.39 is 0 Å². The first-order valence-corrected chi connectivity index (χ1v) is 4.27. The highest BCUT2D eigenvalue weighted by Gasteiger charge is 2.07. The molecule has 0 aromatic heterocycles. The molecular formula is C11H10FNO. The van der Waals surface area contributed by atoms with Crippen molar-refractivity contribution in [3.63, 3.8) is 0 Å². The molecule has 0 saturated carbocycles. The molecule has 0 unspecified atom stereocenters. The second kappa shape index (κ2) is 5.03. The Morgan fingerprint density at radius 3 is 2.86 bits per heavy atom. The Morgan fingerprint density at radius 1 is 1.57 bits per heavy atom. The van der Waals surface area contributed by atoms with Gasteiger partial charge in [-0.15, -0.1) is 0 Å². The van der Waals surface area contributed by atoms with Gasteiger partial charge in [0.05, 0.1) is 24.3 Å². The lowest BCUT2D eigenvalue weighted by Crippen LogP contribution is -1.94. The molecule has 0 amide bonds. The van der Waals surface area contributed by atoms with Crippen LogP contribution in [0.1, 0.15) is 12.5 Å². The highest BCUT2D eigenvalue weighted by Crippen LogP contribution is 2.18. The predicted octanol–water partition coefficient (Wildman–Crippen LogP) is 2.73. The van der Waals surface area contributed by atoms with Crippen LogP contribution in [-0.2, 0) is 4.74 Å². The Balaban J connectivity index is 3.07. The largest absolute Gasteiger partial charge is 0.492 e. The maximum Gasteiger partial charge on any atom is 0.139 e. The van der Waals surface area contributed by atoms with Crippen LogP contribution in [-0.4, -0.2) is 6.61 Å². The maximum atomic E-state index is 13.3. The van der Waals surface area contributed by atoms with Crippen molar-refractivity contribution >= 4 is 5.76 Å². The number of ether oxygens (including phenoxy) is 1. The van der Waals surface area contributed by atoms with Gasteiger partial charge >= 0.3 is 0 Å². The molecule has 1 aromatic rings. The number of rotatable bonds is 3. The summed E-state index contributed by atoms with van der Waals surface area (Å²) in [4.78, 5) is 0. The number of halogens is 1. The summed E-state index contributed by atoms with van der Waals surface area (Å²) in [5.74, 6) is -0.115. The van der Waals surface area contributed by atoms with Crippen LogP contribution in [0.25, 0.3) is 5.76 Å². The van der Waals surface area contributed by atoms with Gasteiger partial charge in [-0.25, -0.2) is 4.39 Å². The summed E-state index contributed by atoms with van der Waals surface area (Å²) in [5, 5.41) is 8.49. The standard InChI is InChI=1S/C11H10FNO/c1-2-14-11(7-8-13)9-5-3-4-6-10(9)12/h3-7H,2H2,1H3/b11-7+. The molecule has 0 heterocycles. The van der Waals surface area contributed by atoms with Crippen molar-refractivity contribution in [3.05, 3.63) is 41.7 Å². The molecule has 1 aromatic carbocycles. The summed E-state index contributed by atoms with van der Waals surface area (Å²) >= 11 is 0. The zero-order chi connectivity index (χ0) is 10.4. The lowest BCUT2D eigenvalue weighted by molar-refractivity contribution is 0.296. The van der Waals surface area contributed by atoms with Gasteiger partial charge in [0, 0.05) is 0 Å². The molecule has 0 fully saturated rings. The molecule has 14 heavy (non-hydrogen) atoms. The third kappa shape index (κ3) is 2.33. The SMILES string of the molecule is CCO/C(=C/C#N)c1ccccc1F. The second-order valence-corrected chi connectivity index (χ2v) is 2.55. The van der Waals surface area contributed by atoms with Crippen molar-refractivity contribution in [2.45, 2.75) is 6.92 Å². The Labute approximate surface area is 82.2 Å². The normalized spacial score (nSPS) is 10.8. The number of hydrogen-bond donors (Lipinski definition) is 0. The van der Waals surface area contributed by atoms with Gasteiger partial charge in [-0.05, 0) is 19.1 Å². The summed E-state index contributed by atoms with van der Waals surface area (Å²) in [7, 11) is 0. The van der Waals surface area contributed by atoms with Gasteiger partial charge in [0.2, 0.25) is 0 Å². The van der Waals surface area contributed by atoms with Gasteiger partial charge in [0.25, 0.3) is 0 Å². The maximum absolute atomic E-state index is 13.3. The van der Waals surface area contributed by atoms with Crippen molar-refractivity contribution in [1.82, 2.24) is 0 Å². The summed E-state index contributed by atoms with van der Waals surface area (Å²) in [6.45, 7) is 2.19. The topological polar surface area (TPSA) is 33.0 Å². The van der Waals surface area contributed by atoms with E-state index in [1.54, 1.807) is 25.1 Å². The van der Waals surface area contributed by atoms with E-state index in [0.29, 0.717) is 12.2 Å². The average molecular weight is 191 g/mol. The molecular weight excluding hydrogens is 181 g/mol. The molecule has 1 rings (SSSR count). The lowest BCUT2D eigenvalue weighted by Gasteiger charge is -2.07. The van der Waals surface area contributed by atoms with Crippen LogP contribution in [0.5, 0.6) is 0 Å². The highest BCUT2D eigenvalue weighted by atomic mass is 19.1. The first-order valence-electron chi connectivity index (χ1n) is 4.27. The van der Waals surface area contributed by atoms with Gasteiger partial charge in [-0.3, -0.25) is 0 Å². The number of nitriles is 1. The fourth-order valence-electron chi connectivity index (χ4n) is 1.07. The minimum Gasteiger partial charge on any atom is -0.492 e. The van der Waals surface area contributed by atoms with Gasteiger partial charge < -0.3 is 4.74 Å². The fourth-order valence-corrected chi connectivity index (χ4v) is 1.07. The third-order valence-electron chi connectivity index (χ3n) is 1.63. The molecule has 0 atom stereocenters. The van der Waals surface area contributed by atoms with Gasteiger partial charge in [-0.1, -0.05) is 12.1 Å². The molecule has 0 saturated heterocycles. The van der Waals surface area contributed by atoms with Gasteiger partial charge in [-0.2, -0.15) is 5.26 Å². The minimum absolute atomic E-state index is 0.271. The van der Waals surface area contributed by atoms with Gasteiger partial charge in [0.15, 0.2) is 0 Å². The van der Waals surface area contributed by atoms with E-state index in [-0.39, 0.29) is 11.6 Å². The van der Waals surface area contributed by atoms with E-state index in [4.69, 9.17) is 10.00 Å². The number of allylic oxidation sites excluding steroid dienone is 1. The zero-order valence-electron chi connectivity index (χ0n) is 7.83. The van der Waals surface area contributed by atoms with E-state index in [9.17, 15) is 4.39 Å².